The van der Waals surface area contributed by atoms with Crippen molar-refractivity contribution in [2.45, 2.75) is 19.9 Å². The first-order valence-electron chi connectivity index (χ1n) is 4.81. The van der Waals surface area contributed by atoms with Crippen molar-refractivity contribution in [3.05, 3.63) is 24.0 Å². The Morgan fingerprint density at radius 1 is 1.53 bits per heavy atom. The highest BCUT2D eigenvalue weighted by Crippen LogP contribution is 2.21. The van der Waals surface area contributed by atoms with Crippen molar-refractivity contribution < 1.29 is 14.3 Å². The second-order valence-corrected chi connectivity index (χ2v) is 3.67. The molecule has 1 aromatic heterocycles. The van der Waals surface area contributed by atoms with E-state index in [0.29, 0.717) is 5.69 Å². The fourth-order valence-electron chi connectivity index (χ4n) is 1.59. The molecule has 15 heavy (non-hydrogen) atoms. The molecule has 1 aromatic rings. The van der Waals surface area contributed by atoms with Crippen LogP contribution in [0, 0.1) is 5.92 Å². The van der Waals surface area contributed by atoms with Gasteiger partial charge >= 0.3 is 5.97 Å². The molecule has 1 heterocycles. The van der Waals surface area contributed by atoms with Crippen LogP contribution in [-0.4, -0.2) is 23.9 Å². The lowest BCUT2D eigenvalue weighted by atomic mass is 10.0. The van der Waals surface area contributed by atoms with Crippen LogP contribution in [-0.2, 0) is 9.53 Å². The molecule has 0 bridgehead atoms. The zero-order valence-corrected chi connectivity index (χ0v) is 9.14. The van der Waals surface area contributed by atoms with Crippen LogP contribution >= 0.6 is 0 Å². The van der Waals surface area contributed by atoms with Gasteiger partial charge in [0.2, 0.25) is 0 Å². The van der Waals surface area contributed by atoms with Crippen LogP contribution in [0.15, 0.2) is 18.3 Å². The fraction of sp³-hybridized carbons (Fsp3) is 0.455. The second-order valence-electron chi connectivity index (χ2n) is 3.67. The van der Waals surface area contributed by atoms with E-state index >= 15 is 0 Å². The molecule has 0 aromatic carbocycles. The van der Waals surface area contributed by atoms with Gasteiger partial charge in [-0.25, -0.2) is 4.79 Å². The maximum Gasteiger partial charge on any atom is 0.329 e. The molecule has 4 nitrogen and oxygen atoms in total. The Morgan fingerprint density at radius 2 is 2.20 bits per heavy atom. The maximum atomic E-state index is 11.6. The average Bonchev–Trinajstić information content (AvgIpc) is 2.65. The molecule has 0 spiro atoms. The van der Waals surface area contributed by atoms with Crippen LogP contribution in [0.1, 0.15) is 30.4 Å². The molecule has 0 radical (unpaired) electrons. The highest BCUT2D eigenvalue weighted by atomic mass is 16.5. The normalized spacial score (nSPS) is 12.5. The molecule has 1 unspecified atom stereocenters. The van der Waals surface area contributed by atoms with Gasteiger partial charge in [0.15, 0.2) is 6.29 Å². The zero-order chi connectivity index (χ0) is 11.4. The number of ether oxygens (including phenoxy) is 1. The van der Waals surface area contributed by atoms with Crippen LogP contribution in [0.2, 0.25) is 0 Å². The van der Waals surface area contributed by atoms with Gasteiger partial charge in [-0.05, 0) is 18.1 Å². The lowest BCUT2D eigenvalue weighted by molar-refractivity contribution is -0.146. The molecule has 0 N–H and O–H groups in total. The summed E-state index contributed by atoms with van der Waals surface area (Å²) in [6, 6.07) is 2.97. The molecule has 82 valence electrons. The van der Waals surface area contributed by atoms with E-state index in [9.17, 15) is 9.59 Å². The maximum absolute atomic E-state index is 11.6. The SMILES string of the molecule is COC(=O)C(C(C)C)n1cccc1C=O. The van der Waals surface area contributed by atoms with E-state index in [-0.39, 0.29) is 11.9 Å². The van der Waals surface area contributed by atoms with Gasteiger partial charge in [-0.15, -0.1) is 0 Å². The number of hydrogen-bond acceptors (Lipinski definition) is 3. The summed E-state index contributed by atoms with van der Waals surface area (Å²) in [7, 11) is 1.35. The summed E-state index contributed by atoms with van der Waals surface area (Å²) in [5.74, 6) is -0.257. The number of aromatic nitrogens is 1. The molecule has 0 aliphatic carbocycles. The highest BCUT2D eigenvalue weighted by molar-refractivity contribution is 5.78. The first-order valence-corrected chi connectivity index (χ1v) is 4.81. The third-order valence-electron chi connectivity index (χ3n) is 2.31. The van der Waals surface area contributed by atoms with Crippen molar-refractivity contribution in [3.63, 3.8) is 0 Å². The van der Waals surface area contributed by atoms with Gasteiger partial charge in [-0.1, -0.05) is 13.8 Å². The Hall–Kier alpha value is -1.58. The Kier molecular flexibility index (Phi) is 3.66. The van der Waals surface area contributed by atoms with Gasteiger partial charge in [-0.2, -0.15) is 0 Å². The smallest absolute Gasteiger partial charge is 0.329 e. The first kappa shape index (κ1) is 11.5. The van der Waals surface area contributed by atoms with E-state index < -0.39 is 6.04 Å². The minimum Gasteiger partial charge on any atom is -0.467 e. The van der Waals surface area contributed by atoms with E-state index in [0.717, 1.165) is 6.29 Å². The quantitative estimate of drug-likeness (QED) is 0.559. The van der Waals surface area contributed by atoms with E-state index in [1.165, 1.54) is 7.11 Å². The van der Waals surface area contributed by atoms with E-state index in [1.54, 1.807) is 22.9 Å². The number of carbonyl (C=O) groups is 2. The summed E-state index contributed by atoms with van der Waals surface area (Å²) in [4.78, 5) is 22.3. The molecule has 0 aliphatic heterocycles. The van der Waals surface area contributed by atoms with Crippen LogP contribution in [0.4, 0.5) is 0 Å². The van der Waals surface area contributed by atoms with Gasteiger partial charge in [0, 0.05) is 6.20 Å². The van der Waals surface area contributed by atoms with Crippen LogP contribution in [0.5, 0.6) is 0 Å². The van der Waals surface area contributed by atoms with Gasteiger partial charge in [0.05, 0.1) is 12.8 Å². The third-order valence-corrected chi connectivity index (χ3v) is 2.31. The molecule has 4 heteroatoms. The lowest BCUT2D eigenvalue weighted by Crippen LogP contribution is -2.26. The number of nitrogens with zero attached hydrogens (tertiary/aromatic N) is 1. The molecule has 0 saturated heterocycles. The topological polar surface area (TPSA) is 48.3 Å². The second kappa shape index (κ2) is 4.77. The van der Waals surface area contributed by atoms with Crippen molar-refractivity contribution in [2.75, 3.05) is 7.11 Å². The Bertz CT molecular complexity index is 354. The summed E-state index contributed by atoms with van der Waals surface area (Å²) in [5.41, 5.74) is 0.485. The number of methoxy groups -OCH3 is 1. The van der Waals surface area contributed by atoms with Crippen LogP contribution < -0.4 is 0 Å². The van der Waals surface area contributed by atoms with E-state index in [1.807, 2.05) is 13.8 Å². The predicted octanol–water partition coefficient (Wildman–Crippen LogP) is 1.67. The molecule has 0 saturated carbocycles. The molecule has 0 amide bonds. The van der Waals surface area contributed by atoms with Crippen molar-refractivity contribution in [1.82, 2.24) is 4.57 Å². The summed E-state index contributed by atoms with van der Waals surface area (Å²) >= 11 is 0. The zero-order valence-electron chi connectivity index (χ0n) is 9.14. The van der Waals surface area contributed by atoms with E-state index in [4.69, 9.17) is 4.74 Å². The van der Waals surface area contributed by atoms with Gasteiger partial charge in [0.1, 0.15) is 6.04 Å². The largest absolute Gasteiger partial charge is 0.467 e. The molecule has 1 atom stereocenters. The van der Waals surface area contributed by atoms with Gasteiger partial charge in [-0.3, -0.25) is 4.79 Å². The van der Waals surface area contributed by atoms with Gasteiger partial charge < -0.3 is 9.30 Å². The lowest BCUT2D eigenvalue weighted by Gasteiger charge is -2.21. The minimum absolute atomic E-state index is 0.0727. The summed E-state index contributed by atoms with van der Waals surface area (Å²) in [6.07, 6.45) is 2.45. The van der Waals surface area contributed by atoms with Gasteiger partial charge in [0.25, 0.3) is 0 Å². The van der Waals surface area contributed by atoms with Crippen LogP contribution in [0.3, 0.4) is 0 Å². The number of rotatable bonds is 4. The van der Waals surface area contributed by atoms with Crippen molar-refractivity contribution in [1.29, 1.82) is 0 Å². The minimum atomic E-state index is -0.440. The van der Waals surface area contributed by atoms with Crippen molar-refractivity contribution in [2.24, 2.45) is 5.92 Å². The van der Waals surface area contributed by atoms with Crippen molar-refractivity contribution in [3.8, 4) is 0 Å². The predicted molar refractivity (Wildman–Crippen MR) is 55.7 cm³/mol. The fourth-order valence-corrected chi connectivity index (χ4v) is 1.59. The highest BCUT2D eigenvalue weighted by Gasteiger charge is 2.25. The first-order chi connectivity index (χ1) is 7.11. The molecular weight excluding hydrogens is 194 g/mol. The summed E-state index contributed by atoms with van der Waals surface area (Å²) < 4.78 is 6.36. The molecule has 0 fully saturated rings. The molecule has 0 aliphatic rings. The standard InChI is InChI=1S/C11H15NO3/c1-8(2)10(11(14)15-3)12-6-4-5-9(12)7-13/h4-8,10H,1-3H3. The van der Waals surface area contributed by atoms with Crippen molar-refractivity contribution >= 4 is 12.3 Å². The Balaban J connectivity index is 3.09. The van der Waals surface area contributed by atoms with Crippen LogP contribution in [0.25, 0.3) is 0 Å². The third kappa shape index (κ3) is 2.26. The number of esters is 1. The van der Waals surface area contributed by atoms with E-state index in [2.05, 4.69) is 0 Å². The molecule has 1 rings (SSSR count). The summed E-state index contributed by atoms with van der Waals surface area (Å²) in [6.45, 7) is 3.83. The Labute approximate surface area is 88.8 Å². The molecular formula is C11H15NO3. The Morgan fingerprint density at radius 3 is 2.67 bits per heavy atom. The number of aldehydes is 1. The number of carbonyl (C=O) groups excluding carboxylic acids is 2. The number of hydrogen-bond donors (Lipinski definition) is 0. The monoisotopic (exact) mass is 209 g/mol. The average molecular weight is 209 g/mol. The summed E-state index contributed by atoms with van der Waals surface area (Å²) in [5, 5.41) is 0.